The molecule has 2 amide bonds. The fourth-order valence-corrected chi connectivity index (χ4v) is 5.70. The molecule has 0 spiro atoms. The molecule has 2 heterocycles. The first-order chi connectivity index (χ1) is 15.9. The monoisotopic (exact) mass is 488 g/mol. The van der Waals surface area contributed by atoms with Crippen LogP contribution in [0.4, 0.5) is 5.69 Å². The van der Waals surface area contributed by atoms with Crippen molar-refractivity contribution in [2.45, 2.75) is 57.5 Å². The van der Waals surface area contributed by atoms with E-state index in [0.29, 0.717) is 13.1 Å². The van der Waals surface area contributed by atoms with Gasteiger partial charge in [-0.15, -0.1) is 0 Å². The minimum absolute atomic E-state index is 0.0282. The lowest BCUT2D eigenvalue weighted by Crippen LogP contribution is -2.42. The molecule has 3 rings (SSSR count). The van der Waals surface area contributed by atoms with E-state index in [2.05, 4.69) is 5.32 Å². The fourth-order valence-electron chi connectivity index (χ4n) is 4.18. The summed E-state index contributed by atoms with van der Waals surface area (Å²) in [7, 11) is -2.07. The summed E-state index contributed by atoms with van der Waals surface area (Å²) in [5.41, 5.74) is -0.00431. The Labute approximate surface area is 200 Å². The van der Waals surface area contributed by atoms with Gasteiger partial charge in [0.1, 0.15) is 5.69 Å². The molecule has 0 bridgehead atoms. The zero-order valence-corrected chi connectivity index (χ0v) is 21.1. The number of aromatic nitrogens is 1. The average Bonchev–Trinajstić information content (AvgIpc) is 3.32. The number of rotatable bonds is 7. The van der Waals surface area contributed by atoms with Crippen molar-refractivity contribution < 1.29 is 18.0 Å². The van der Waals surface area contributed by atoms with Crippen molar-refractivity contribution in [2.75, 3.05) is 18.4 Å². The Morgan fingerprint density at radius 1 is 0.971 bits per heavy atom. The largest absolute Gasteiger partial charge is 0.334 e. The molecule has 1 aliphatic heterocycles. The van der Waals surface area contributed by atoms with Gasteiger partial charge in [0.25, 0.3) is 17.4 Å². The molecule has 34 heavy (non-hydrogen) atoms. The maximum atomic E-state index is 13.1. The number of nitrogens with zero attached hydrogens (tertiary/aromatic N) is 3. The second kappa shape index (κ2) is 10.1. The Bertz CT molecular complexity index is 1220. The third-order valence-electron chi connectivity index (χ3n) is 5.84. The van der Waals surface area contributed by atoms with Crippen LogP contribution in [0, 0.1) is 0 Å². The van der Waals surface area contributed by atoms with Crippen LogP contribution in [0.1, 0.15) is 61.3 Å². The van der Waals surface area contributed by atoms with E-state index in [0.717, 1.165) is 12.8 Å². The lowest BCUT2D eigenvalue weighted by Gasteiger charge is -2.31. The molecular weight excluding hydrogens is 456 g/mol. The maximum Gasteiger partial charge on any atom is 0.274 e. The minimum Gasteiger partial charge on any atom is -0.334 e. The number of sulfonamides is 1. The van der Waals surface area contributed by atoms with Gasteiger partial charge in [-0.1, -0.05) is 0 Å². The molecule has 0 unspecified atom stereocenters. The summed E-state index contributed by atoms with van der Waals surface area (Å²) in [6.07, 6.45) is 3.13. The standard InChI is InChI=1S/C24H32N4O5S/c1-16(2)28(17(3)4)23(30)19-14-21(24(31)26(5)15-19)25-22(29)18-8-10-20(11-9-18)34(32,33)27-12-6-7-13-27/h8-11,14-17H,6-7,12-13H2,1-5H3,(H,25,29). The second-order valence-corrected chi connectivity index (χ2v) is 11.0. The molecule has 0 saturated carbocycles. The molecule has 1 N–H and O–H groups in total. The number of hydrogen-bond acceptors (Lipinski definition) is 5. The van der Waals surface area contributed by atoms with E-state index in [-0.39, 0.29) is 39.7 Å². The first kappa shape index (κ1) is 25.6. The highest BCUT2D eigenvalue weighted by molar-refractivity contribution is 7.89. The number of pyridine rings is 1. The van der Waals surface area contributed by atoms with Crippen molar-refractivity contribution in [3.05, 3.63) is 58.0 Å². The Hall–Kier alpha value is -2.98. The number of anilines is 1. The van der Waals surface area contributed by atoms with E-state index in [1.54, 1.807) is 4.90 Å². The summed E-state index contributed by atoms with van der Waals surface area (Å²) in [5, 5.41) is 2.57. The first-order valence-electron chi connectivity index (χ1n) is 11.4. The van der Waals surface area contributed by atoms with Gasteiger partial charge in [-0.3, -0.25) is 14.4 Å². The van der Waals surface area contributed by atoms with E-state index in [1.165, 1.54) is 52.4 Å². The highest BCUT2D eigenvalue weighted by Crippen LogP contribution is 2.21. The van der Waals surface area contributed by atoms with Crippen LogP contribution in [-0.2, 0) is 17.1 Å². The lowest BCUT2D eigenvalue weighted by atomic mass is 10.1. The molecule has 2 aromatic rings. The lowest BCUT2D eigenvalue weighted by molar-refractivity contribution is 0.0642. The molecule has 1 aliphatic rings. The van der Waals surface area contributed by atoms with Gasteiger partial charge in [-0.05, 0) is 70.9 Å². The van der Waals surface area contributed by atoms with Crippen LogP contribution in [0.3, 0.4) is 0 Å². The molecule has 1 aromatic carbocycles. The van der Waals surface area contributed by atoms with E-state index < -0.39 is 21.5 Å². The zero-order chi connectivity index (χ0) is 25.2. The number of nitrogens with one attached hydrogen (secondary N) is 1. The Morgan fingerprint density at radius 3 is 2.06 bits per heavy atom. The van der Waals surface area contributed by atoms with Gasteiger partial charge >= 0.3 is 0 Å². The van der Waals surface area contributed by atoms with Crippen molar-refractivity contribution in [3.8, 4) is 0 Å². The van der Waals surface area contributed by atoms with Gasteiger partial charge in [0.15, 0.2) is 0 Å². The van der Waals surface area contributed by atoms with Crippen LogP contribution in [0.15, 0.2) is 46.2 Å². The van der Waals surface area contributed by atoms with Crippen LogP contribution >= 0.6 is 0 Å². The molecule has 184 valence electrons. The number of benzene rings is 1. The average molecular weight is 489 g/mol. The van der Waals surface area contributed by atoms with Crippen molar-refractivity contribution >= 4 is 27.5 Å². The summed E-state index contributed by atoms with van der Waals surface area (Å²) < 4.78 is 28.1. The molecule has 1 saturated heterocycles. The van der Waals surface area contributed by atoms with E-state index in [4.69, 9.17) is 0 Å². The van der Waals surface area contributed by atoms with Crippen LogP contribution < -0.4 is 10.9 Å². The van der Waals surface area contributed by atoms with Gasteiger partial charge in [-0.2, -0.15) is 4.31 Å². The Kier molecular flexibility index (Phi) is 7.62. The van der Waals surface area contributed by atoms with Gasteiger partial charge < -0.3 is 14.8 Å². The number of carbonyl (C=O) groups is 2. The third kappa shape index (κ3) is 5.23. The van der Waals surface area contributed by atoms with Crippen molar-refractivity contribution in [1.82, 2.24) is 13.8 Å². The normalized spacial score (nSPS) is 14.6. The van der Waals surface area contributed by atoms with E-state index >= 15 is 0 Å². The molecule has 0 atom stereocenters. The minimum atomic E-state index is -3.58. The van der Waals surface area contributed by atoms with Crippen LogP contribution in [-0.4, -0.2) is 59.2 Å². The zero-order valence-electron chi connectivity index (χ0n) is 20.2. The SMILES string of the molecule is CC(C)N(C(=O)c1cc(NC(=O)c2ccc(S(=O)(=O)N3CCCC3)cc2)c(=O)n(C)c1)C(C)C. The summed E-state index contributed by atoms with van der Waals surface area (Å²) >= 11 is 0. The summed E-state index contributed by atoms with van der Waals surface area (Å²) in [5.74, 6) is -0.816. The molecule has 0 radical (unpaired) electrons. The molecule has 10 heteroatoms. The van der Waals surface area contributed by atoms with Crippen molar-refractivity contribution in [3.63, 3.8) is 0 Å². The quantitative estimate of drug-likeness (QED) is 0.645. The van der Waals surface area contributed by atoms with Crippen molar-refractivity contribution in [2.24, 2.45) is 7.05 Å². The highest BCUT2D eigenvalue weighted by atomic mass is 32.2. The number of aryl methyl sites for hydroxylation is 1. The fraction of sp³-hybridized carbons (Fsp3) is 0.458. The molecular formula is C24H32N4O5S. The van der Waals surface area contributed by atoms with E-state index in [9.17, 15) is 22.8 Å². The Balaban J connectivity index is 1.84. The van der Waals surface area contributed by atoms with Gasteiger partial charge in [0.2, 0.25) is 10.0 Å². The summed E-state index contributed by atoms with van der Waals surface area (Å²) in [6, 6.07) is 6.91. The third-order valence-corrected chi connectivity index (χ3v) is 7.76. The molecule has 9 nitrogen and oxygen atoms in total. The highest BCUT2D eigenvalue weighted by Gasteiger charge is 2.27. The van der Waals surface area contributed by atoms with Gasteiger partial charge in [0, 0.05) is 44.0 Å². The molecule has 0 aliphatic carbocycles. The van der Waals surface area contributed by atoms with Crippen molar-refractivity contribution in [1.29, 1.82) is 0 Å². The molecule has 1 fully saturated rings. The molecule has 1 aromatic heterocycles. The smallest absolute Gasteiger partial charge is 0.274 e. The van der Waals surface area contributed by atoms with Crippen LogP contribution in [0.2, 0.25) is 0 Å². The van der Waals surface area contributed by atoms with Crippen LogP contribution in [0.25, 0.3) is 0 Å². The Morgan fingerprint density at radius 2 is 1.53 bits per heavy atom. The topological polar surface area (TPSA) is 109 Å². The number of carbonyl (C=O) groups excluding carboxylic acids is 2. The van der Waals surface area contributed by atoms with Crippen LogP contribution in [0.5, 0.6) is 0 Å². The maximum absolute atomic E-state index is 13.1. The summed E-state index contributed by atoms with van der Waals surface area (Å²) in [6.45, 7) is 8.64. The first-order valence-corrected chi connectivity index (χ1v) is 12.8. The number of hydrogen-bond donors (Lipinski definition) is 1. The predicted molar refractivity (Wildman–Crippen MR) is 131 cm³/mol. The predicted octanol–water partition coefficient (Wildman–Crippen LogP) is 2.68. The van der Waals surface area contributed by atoms with Gasteiger partial charge in [0.05, 0.1) is 10.5 Å². The second-order valence-electron chi connectivity index (χ2n) is 9.05. The summed E-state index contributed by atoms with van der Waals surface area (Å²) in [4.78, 5) is 40.3. The number of amides is 2. The van der Waals surface area contributed by atoms with Gasteiger partial charge in [-0.25, -0.2) is 8.42 Å². The van der Waals surface area contributed by atoms with E-state index in [1.807, 2.05) is 27.7 Å².